The molecule has 0 saturated carbocycles. The summed E-state index contributed by atoms with van der Waals surface area (Å²) >= 11 is 5.79. The number of nitrogens with zero attached hydrogens (tertiary/aromatic N) is 1. The molecule has 0 atom stereocenters. The zero-order valence-electron chi connectivity index (χ0n) is 13.0. The highest BCUT2D eigenvalue weighted by Gasteiger charge is 2.14. The molecule has 1 heterocycles. The summed E-state index contributed by atoms with van der Waals surface area (Å²) in [5.74, 6) is -0.210. The third-order valence-electron chi connectivity index (χ3n) is 2.95. The minimum atomic E-state index is -0.730. The fourth-order valence-corrected chi connectivity index (χ4v) is 2.02. The second-order valence-corrected chi connectivity index (χ2v) is 4.93. The van der Waals surface area contributed by atoms with Crippen LogP contribution in [-0.2, 0) is 9.53 Å². The van der Waals surface area contributed by atoms with Crippen LogP contribution in [0.15, 0.2) is 36.5 Å². The molecule has 24 heavy (non-hydrogen) atoms. The third-order valence-corrected chi connectivity index (χ3v) is 3.25. The Balaban J connectivity index is 1.96. The number of hydrogen-bond donors (Lipinski definition) is 1. The van der Waals surface area contributed by atoms with Gasteiger partial charge in [0.2, 0.25) is 0 Å². The van der Waals surface area contributed by atoms with Gasteiger partial charge in [-0.2, -0.15) is 0 Å². The van der Waals surface area contributed by atoms with Gasteiger partial charge in [-0.05, 0) is 12.1 Å². The van der Waals surface area contributed by atoms with E-state index < -0.39 is 18.5 Å². The van der Waals surface area contributed by atoms with Crippen molar-refractivity contribution in [1.82, 2.24) is 4.98 Å². The standard InChI is InChI=1S/C16H15ClN2O5/c1-22-11-6-10(7-12(8-11)23-2)19-14(20)9-24-16(21)13-4-3-5-18-15(13)17/h3-8H,9H2,1-2H3,(H,19,20). The Morgan fingerprint density at radius 3 is 2.42 bits per heavy atom. The lowest BCUT2D eigenvalue weighted by Gasteiger charge is -2.10. The van der Waals surface area contributed by atoms with Gasteiger partial charge < -0.3 is 19.5 Å². The van der Waals surface area contributed by atoms with E-state index in [2.05, 4.69) is 10.3 Å². The average Bonchev–Trinajstić information content (AvgIpc) is 2.59. The molecule has 0 saturated heterocycles. The highest BCUT2D eigenvalue weighted by molar-refractivity contribution is 6.32. The van der Waals surface area contributed by atoms with E-state index >= 15 is 0 Å². The molecule has 0 bridgehead atoms. The number of carbonyl (C=O) groups is 2. The Morgan fingerprint density at radius 1 is 1.17 bits per heavy atom. The van der Waals surface area contributed by atoms with Crippen LogP contribution in [0.4, 0.5) is 5.69 Å². The molecule has 0 aliphatic rings. The van der Waals surface area contributed by atoms with Crippen molar-refractivity contribution < 1.29 is 23.8 Å². The van der Waals surface area contributed by atoms with E-state index in [-0.39, 0.29) is 10.7 Å². The summed E-state index contributed by atoms with van der Waals surface area (Å²) in [6, 6.07) is 7.90. The van der Waals surface area contributed by atoms with Gasteiger partial charge in [-0.15, -0.1) is 0 Å². The molecular weight excluding hydrogens is 336 g/mol. The highest BCUT2D eigenvalue weighted by Crippen LogP contribution is 2.25. The Morgan fingerprint density at radius 2 is 1.83 bits per heavy atom. The molecule has 1 amide bonds. The van der Waals surface area contributed by atoms with Crippen molar-refractivity contribution in [3.63, 3.8) is 0 Å². The second-order valence-electron chi connectivity index (χ2n) is 4.57. The SMILES string of the molecule is COc1cc(NC(=O)COC(=O)c2cccnc2Cl)cc(OC)c1. The number of pyridine rings is 1. The van der Waals surface area contributed by atoms with E-state index in [1.54, 1.807) is 24.3 Å². The molecule has 0 spiro atoms. The van der Waals surface area contributed by atoms with Gasteiger partial charge in [0.05, 0.1) is 19.8 Å². The van der Waals surface area contributed by atoms with Gasteiger partial charge >= 0.3 is 5.97 Å². The molecule has 7 nitrogen and oxygen atoms in total. The van der Waals surface area contributed by atoms with Crippen molar-refractivity contribution in [1.29, 1.82) is 0 Å². The molecular formula is C16H15ClN2O5. The fraction of sp³-hybridized carbons (Fsp3) is 0.188. The summed E-state index contributed by atoms with van der Waals surface area (Å²) in [7, 11) is 3.00. The lowest BCUT2D eigenvalue weighted by atomic mass is 10.2. The molecule has 2 aromatic rings. The quantitative estimate of drug-likeness (QED) is 0.636. The maximum Gasteiger partial charge on any atom is 0.341 e. The number of hydrogen-bond acceptors (Lipinski definition) is 6. The minimum absolute atomic E-state index is 0.0143. The summed E-state index contributed by atoms with van der Waals surface area (Å²) in [5.41, 5.74) is 0.543. The molecule has 2 rings (SSSR count). The van der Waals surface area contributed by atoms with E-state index in [0.29, 0.717) is 17.2 Å². The van der Waals surface area contributed by atoms with Gasteiger partial charge in [0.1, 0.15) is 16.7 Å². The number of benzene rings is 1. The van der Waals surface area contributed by atoms with Crippen molar-refractivity contribution in [3.05, 3.63) is 47.2 Å². The van der Waals surface area contributed by atoms with Crippen LogP contribution in [0.1, 0.15) is 10.4 Å². The van der Waals surface area contributed by atoms with E-state index in [4.69, 9.17) is 25.8 Å². The molecule has 126 valence electrons. The van der Waals surface area contributed by atoms with Crippen LogP contribution < -0.4 is 14.8 Å². The van der Waals surface area contributed by atoms with Gasteiger partial charge in [0.15, 0.2) is 6.61 Å². The number of carbonyl (C=O) groups excluding carboxylic acids is 2. The number of aromatic nitrogens is 1. The number of rotatable bonds is 6. The number of ether oxygens (including phenoxy) is 3. The van der Waals surface area contributed by atoms with E-state index in [9.17, 15) is 9.59 Å². The first-order valence-electron chi connectivity index (χ1n) is 6.84. The van der Waals surface area contributed by atoms with Gasteiger partial charge in [-0.25, -0.2) is 9.78 Å². The number of methoxy groups -OCH3 is 2. The van der Waals surface area contributed by atoms with Crippen LogP contribution in [0.3, 0.4) is 0 Å². The second kappa shape index (κ2) is 8.16. The smallest absolute Gasteiger partial charge is 0.341 e. The first-order chi connectivity index (χ1) is 11.5. The lowest BCUT2D eigenvalue weighted by Crippen LogP contribution is -2.21. The van der Waals surface area contributed by atoms with Gasteiger partial charge in [0.25, 0.3) is 5.91 Å². The van der Waals surface area contributed by atoms with Crippen molar-refractivity contribution in [2.24, 2.45) is 0 Å². The lowest BCUT2D eigenvalue weighted by molar-refractivity contribution is -0.119. The third kappa shape index (κ3) is 4.60. The summed E-state index contributed by atoms with van der Waals surface area (Å²) < 4.78 is 15.1. The normalized spacial score (nSPS) is 9.96. The van der Waals surface area contributed by atoms with E-state index in [1.165, 1.54) is 26.5 Å². The molecule has 0 aliphatic heterocycles. The van der Waals surface area contributed by atoms with Crippen molar-refractivity contribution in [2.45, 2.75) is 0 Å². The maximum atomic E-state index is 11.9. The van der Waals surface area contributed by atoms with Crippen LogP contribution in [0.2, 0.25) is 5.15 Å². The number of halogens is 1. The first-order valence-corrected chi connectivity index (χ1v) is 7.22. The van der Waals surface area contributed by atoms with Crippen LogP contribution >= 0.6 is 11.6 Å². The van der Waals surface area contributed by atoms with Crippen molar-refractivity contribution in [3.8, 4) is 11.5 Å². The van der Waals surface area contributed by atoms with Crippen LogP contribution in [-0.4, -0.2) is 37.7 Å². The van der Waals surface area contributed by atoms with Crippen molar-refractivity contribution in [2.75, 3.05) is 26.1 Å². The Kier molecular flexibility index (Phi) is 5.97. The average molecular weight is 351 g/mol. The summed E-state index contributed by atoms with van der Waals surface area (Å²) in [6.45, 7) is -0.469. The van der Waals surface area contributed by atoms with E-state index in [1.807, 2.05) is 0 Å². The van der Waals surface area contributed by atoms with E-state index in [0.717, 1.165) is 0 Å². The Hall–Kier alpha value is -2.80. The molecule has 1 N–H and O–H groups in total. The molecule has 0 fully saturated rings. The molecule has 1 aromatic heterocycles. The monoisotopic (exact) mass is 350 g/mol. The molecule has 0 aliphatic carbocycles. The summed E-state index contributed by atoms with van der Waals surface area (Å²) in [6.07, 6.45) is 1.45. The fourth-order valence-electron chi connectivity index (χ4n) is 1.82. The van der Waals surface area contributed by atoms with Gasteiger partial charge in [0, 0.05) is 30.1 Å². The number of esters is 1. The summed E-state index contributed by atoms with van der Waals surface area (Å²) in [4.78, 5) is 27.5. The number of nitrogens with one attached hydrogen (secondary N) is 1. The topological polar surface area (TPSA) is 86.8 Å². The number of amides is 1. The van der Waals surface area contributed by atoms with Crippen LogP contribution in [0.25, 0.3) is 0 Å². The van der Waals surface area contributed by atoms with Crippen LogP contribution in [0.5, 0.6) is 11.5 Å². The van der Waals surface area contributed by atoms with Crippen molar-refractivity contribution >= 4 is 29.2 Å². The molecule has 0 unspecified atom stereocenters. The Bertz CT molecular complexity index is 729. The number of anilines is 1. The largest absolute Gasteiger partial charge is 0.497 e. The van der Waals surface area contributed by atoms with Crippen LogP contribution in [0, 0.1) is 0 Å². The molecule has 1 aromatic carbocycles. The first kappa shape index (κ1) is 17.6. The Labute approximate surface area is 143 Å². The minimum Gasteiger partial charge on any atom is -0.497 e. The maximum absolute atomic E-state index is 11.9. The molecule has 0 radical (unpaired) electrons. The zero-order valence-corrected chi connectivity index (χ0v) is 13.8. The predicted molar refractivity (Wildman–Crippen MR) is 87.7 cm³/mol. The molecule has 8 heteroatoms. The summed E-state index contributed by atoms with van der Waals surface area (Å²) in [5, 5.41) is 2.60. The predicted octanol–water partition coefficient (Wildman–Crippen LogP) is 2.55. The highest BCUT2D eigenvalue weighted by atomic mass is 35.5. The van der Waals surface area contributed by atoms with Gasteiger partial charge in [-0.3, -0.25) is 4.79 Å². The van der Waals surface area contributed by atoms with Gasteiger partial charge in [-0.1, -0.05) is 11.6 Å². The zero-order chi connectivity index (χ0) is 17.5.